The molecule has 1 amide bonds. The Morgan fingerprint density at radius 3 is 2.39 bits per heavy atom. The number of nitrogens with zero attached hydrogens (tertiary/aromatic N) is 6. The molecule has 6 rings (SSSR count). The fourth-order valence-electron chi connectivity index (χ4n) is 4.63. The Morgan fingerprint density at radius 2 is 1.63 bits per heavy atom. The maximum atomic E-state index is 13.2. The van der Waals surface area contributed by atoms with Crippen molar-refractivity contribution >= 4 is 69.5 Å². The first-order valence-corrected chi connectivity index (χ1v) is 15.8. The highest BCUT2D eigenvalue weighted by Gasteiger charge is 2.25. The third-order valence-electron chi connectivity index (χ3n) is 6.68. The number of carbonyl (C=O) groups excluding carboxylic acids is 1. The number of hydrogen-bond donors (Lipinski definition) is 0. The molecule has 0 radical (unpaired) electrons. The van der Waals surface area contributed by atoms with E-state index < -0.39 is 0 Å². The lowest BCUT2D eigenvalue weighted by molar-refractivity contribution is 0.0741. The predicted molar refractivity (Wildman–Crippen MR) is 168 cm³/mol. The van der Waals surface area contributed by atoms with Crippen molar-refractivity contribution in [3.63, 3.8) is 0 Å². The van der Waals surface area contributed by atoms with Crippen LogP contribution in [0.1, 0.15) is 15.5 Å². The minimum absolute atomic E-state index is 0.0523. The molecule has 0 aliphatic carbocycles. The first kappa shape index (κ1) is 28.1. The summed E-state index contributed by atoms with van der Waals surface area (Å²) in [7, 11) is 0. The largest absolute Gasteiger partial charge is 0.368 e. The molecule has 208 valence electrons. The van der Waals surface area contributed by atoms with Crippen molar-refractivity contribution in [2.45, 2.75) is 10.9 Å². The average molecular weight is 642 g/mol. The number of piperazine rings is 1. The van der Waals surface area contributed by atoms with Gasteiger partial charge < -0.3 is 9.80 Å². The normalized spacial score (nSPS) is 13.5. The molecule has 5 aromatic rings. The van der Waals surface area contributed by atoms with Crippen molar-refractivity contribution in [2.24, 2.45) is 0 Å². The molecule has 1 fully saturated rings. The summed E-state index contributed by atoms with van der Waals surface area (Å²) in [5, 5.41) is 14.1. The van der Waals surface area contributed by atoms with E-state index in [-0.39, 0.29) is 5.91 Å². The summed E-state index contributed by atoms with van der Waals surface area (Å²) < 4.78 is 1.91. The fourth-order valence-corrected chi connectivity index (χ4v) is 6.99. The van der Waals surface area contributed by atoms with Crippen molar-refractivity contribution in [1.82, 2.24) is 24.6 Å². The number of amides is 1. The van der Waals surface area contributed by atoms with Crippen molar-refractivity contribution in [1.29, 1.82) is 0 Å². The Hall–Kier alpha value is -3.08. The van der Waals surface area contributed by atoms with Gasteiger partial charge in [-0.15, -0.1) is 21.5 Å². The van der Waals surface area contributed by atoms with E-state index in [1.54, 1.807) is 0 Å². The van der Waals surface area contributed by atoms with Crippen LogP contribution in [0.2, 0.25) is 15.1 Å². The highest BCUT2D eigenvalue weighted by molar-refractivity contribution is 7.98. The molecule has 3 aromatic carbocycles. The summed E-state index contributed by atoms with van der Waals surface area (Å²) in [5.74, 6) is 1.06. The molecule has 1 aliphatic rings. The molecular weight excluding hydrogens is 619 g/mol. The van der Waals surface area contributed by atoms with Crippen molar-refractivity contribution in [3.05, 3.63) is 104 Å². The summed E-state index contributed by atoms with van der Waals surface area (Å²) in [5.41, 5.74) is 3.04. The van der Waals surface area contributed by atoms with Crippen molar-refractivity contribution in [3.8, 4) is 17.1 Å². The zero-order chi connectivity index (χ0) is 28.3. The maximum Gasteiger partial charge on any atom is 0.273 e. The first-order valence-electron chi connectivity index (χ1n) is 12.8. The molecular formula is C29H23Cl3N6OS2. The van der Waals surface area contributed by atoms with Crippen LogP contribution in [0.25, 0.3) is 17.1 Å². The lowest BCUT2D eigenvalue weighted by atomic mass is 10.2. The Bertz CT molecular complexity index is 1700. The van der Waals surface area contributed by atoms with Gasteiger partial charge in [0.1, 0.15) is 10.7 Å². The van der Waals surface area contributed by atoms with Gasteiger partial charge in [0.05, 0.1) is 21.5 Å². The smallest absolute Gasteiger partial charge is 0.273 e. The number of thiazole rings is 1. The Kier molecular flexibility index (Phi) is 8.50. The van der Waals surface area contributed by atoms with E-state index in [0.717, 1.165) is 35.0 Å². The van der Waals surface area contributed by atoms with Gasteiger partial charge in [-0.1, -0.05) is 76.9 Å². The second-order valence-corrected chi connectivity index (χ2v) is 12.4. The van der Waals surface area contributed by atoms with E-state index in [0.29, 0.717) is 50.6 Å². The number of aromatic nitrogens is 4. The van der Waals surface area contributed by atoms with E-state index in [2.05, 4.69) is 20.1 Å². The number of rotatable bonds is 7. The maximum absolute atomic E-state index is 13.2. The van der Waals surface area contributed by atoms with Crippen LogP contribution in [0.4, 0.5) is 5.69 Å². The SMILES string of the molecule is O=C(c1csc(CSc2nnc(-c3ccccc3Cl)n2-c2ccccc2Cl)n1)N1CCN(c2cccc(Cl)c2)CC1. The van der Waals surface area contributed by atoms with Gasteiger partial charge in [0, 0.05) is 47.8 Å². The minimum atomic E-state index is -0.0523. The van der Waals surface area contributed by atoms with Crippen LogP contribution < -0.4 is 4.90 Å². The van der Waals surface area contributed by atoms with Gasteiger partial charge in [-0.25, -0.2) is 4.98 Å². The van der Waals surface area contributed by atoms with Crippen LogP contribution >= 0.6 is 57.9 Å². The van der Waals surface area contributed by atoms with Crippen LogP contribution in [0.15, 0.2) is 83.3 Å². The molecule has 1 aliphatic heterocycles. The Labute approximate surface area is 260 Å². The molecule has 0 bridgehead atoms. The van der Waals surface area contributed by atoms with Crippen LogP contribution in [-0.4, -0.2) is 56.7 Å². The number of thioether (sulfide) groups is 1. The molecule has 12 heteroatoms. The monoisotopic (exact) mass is 640 g/mol. The molecule has 0 saturated carbocycles. The fraction of sp³-hybridized carbons (Fsp3) is 0.172. The Morgan fingerprint density at radius 1 is 0.878 bits per heavy atom. The first-order chi connectivity index (χ1) is 20.0. The highest BCUT2D eigenvalue weighted by Crippen LogP contribution is 2.35. The predicted octanol–water partition coefficient (Wildman–Crippen LogP) is 7.61. The van der Waals surface area contributed by atoms with Gasteiger partial charge in [-0.05, 0) is 42.5 Å². The second kappa shape index (κ2) is 12.4. The van der Waals surface area contributed by atoms with Gasteiger partial charge in [-0.2, -0.15) is 0 Å². The van der Waals surface area contributed by atoms with Crippen LogP contribution in [0, 0.1) is 0 Å². The van der Waals surface area contributed by atoms with Crippen molar-refractivity contribution < 1.29 is 4.79 Å². The van der Waals surface area contributed by atoms with Crippen LogP contribution in [-0.2, 0) is 5.75 Å². The van der Waals surface area contributed by atoms with E-state index in [4.69, 9.17) is 34.8 Å². The summed E-state index contributed by atoms with van der Waals surface area (Å²) in [6.45, 7) is 2.73. The minimum Gasteiger partial charge on any atom is -0.368 e. The molecule has 41 heavy (non-hydrogen) atoms. The molecule has 2 aromatic heterocycles. The molecule has 0 atom stereocenters. The van der Waals surface area contributed by atoms with Gasteiger partial charge >= 0.3 is 0 Å². The summed E-state index contributed by atoms with van der Waals surface area (Å²) >= 11 is 22.2. The van der Waals surface area contributed by atoms with Gasteiger partial charge in [0.2, 0.25) is 0 Å². The number of hydrogen-bond acceptors (Lipinski definition) is 7. The lowest BCUT2D eigenvalue weighted by Gasteiger charge is -2.35. The summed E-state index contributed by atoms with van der Waals surface area (Å²) in [4.78, 5) is 22.0. The number of benzene rings is 3. The van der Waals surface area contributed by atoms with E-state index in [9.17, 15) is 4.79 Å². The molecule has 1 saturated heterocycles. The zero-order valence-corrected chi connectivity index (χ0v) is 25.5. The molecule has 3 heterocycles. The highest BCUT2D eigenvalue weighted by atomic mass is 35.5. The molecule has 0 spiro atoms. The van der Waals surface area contributed by atoms with E-state index in [1.807, 2.05) is 87.6 Å². The topological polar surface area (TPSA) is 67.2 Å². The van der Waals surface area contributed by atoms with Gasteiger partial charge in [-0.3, -0.25) is 9.36 Å². The number of carbonyl (C=O) groups is 1. The summed E-state index contributed by atoms with van der Waals surface area (Å²) in [6.07, 6.45) is 0. The van der Waals surface area contributed by atoms with Crippen LogP contribution in [0.5, 0.6) is 0 Å². The van der Waals surface area contributed by atoms with E-state index >= 15 is 0 Å². The lowest BCUT2D eigenvalue weighted by Crippen LogP contribution is -2.48. The van der Waals surface area contributed by atoms with Crippen molar-refractivity contribution in [2.75, 3.05) is 31.1 Å². The number of para-hydroxylation sites is 1. The van der Waals surface area contributed by atoms with Crippen LogP contribution in [0.3, 0.4) is 0 Å². The Balaban J connectivity index is 1.16. The molecule has 0 N–H and O–H groups in total. The summed E-state index contributed by atoms with van der Waals surface area (Å²) in [6, 6.07) is 22.8. The molecule has 7 nitrogen and oxygen atoms in total. The quantitative estimate of drug-likeness (QED) is 0.171. The average Bonchev–Trinajstić information content (AvgIpc) is 3.64. The standard InChI is InChI=1S/C29H23Cl3N6OS2/c30-19-6-5-7-20(16-19)36-12-14-37(15-13-36)28(39)24-17-40-26(33-24)18-41-29-35-34-27(21-8-1-2-9-22(21)31)38(29)25-11-4-3-10-23(25)32/h1-11,16-17H,12-15,18H2. The third kappa shape index (κ3) is 6.10. The van der Waals surface area contributed by atoms with Gasteiger partial charge in [0.25, 0.3) is 5.91 Å². The molecule has 0 unspecified atom stereocenters. The third-order valence-corrected chi connectivity index (χ3v) is 9.53. The number of halogens is 3. The van der Waals surface area contributed by atoms with E-state index in [1.165, 1.54) is 23.1 Å². The van der Waals surface area contributed by atoms with Gasteiger partial charge in [0.15, 0.2) is 11.0 Å². The second-order valence-electron chi connectivity index (χ2n) is 9.25. The number of anilines is 1. The zero-order valence-electron chi connectivity index (χ0n) is 21.6.